The summed E-state index contributed by atoms with van der Waals surface area (Å²) in [5.74, 6) is -1.09. The van der Waals surface area contributed by atoms with Crippen molar-refractivity contribution in [2.24, 2.45) is 5.92 Å². The Morgan fingerprint density at radius 2 is 1.93 bits per heavy atom. The van der Waals surface area contributed by atoms with Gasteiger partial charge in [0.2, 0.25) is 11.8 Å². The number of amides is 2. The average Bonchev–Trinajstić information content (AvgIpc) is 3.05. The van der Waals surface area contributed by atoms with E-state index in [1.807, 2.05) is 0 Å². The first-order valence-corrected chi connectivity index (χ1v) is 8.87. The number of nitrogens with one attached hydrogen (secondary N) is 1. The third kappa shape index (κ3) is 4.58. The second-order valence-electron chi connectivity index (χ2n) is 6.68. The van der Waals surface area contributed by atoms with Crippen molar-refractivity contribution in [2.75, 3.05) is 18.0 Å². The minimum absolute atomic E-state index is 0.0708. The number of carbonyl (C=O) groups is 3. The van der Waals surface area contributed by atoms with Crippen molar-refractivity contribution >= 4 is 23.3 Å². The number of rotatable bonds is 6. The van der Waals surface area contributed by atoms with E-state index in [2.05, 4.69) is 5.32 Å². The Labute approximate surface area is 157 Å². The standard InChI is InChI=1S/C21H21FN2O3/c1-14(25)16-3-2-4-19(11-16)24-13-17(12-20(24)26)21(27)23-10-9-15-5-7-18(22)8-6-15/h2-8,11,17H,9-10,12-13H2,1H3,(H,23,27). The third-order valence-electron chi connectivity index (χ3n) is 4.69. The molecule has 1 atom stereocenters. The smallest absolute Gasteiger partial charge is 0.227 e. The molecule has 2 aromatic carbocycles. The number of nitrogens with zero attached hydrogens (tertiary/aromatic N) is 1. The summed E-state index contributed by atoms with van der Waals surface area (Å²) < 4.78 is 12.9. The highest BCUT2D eigenvalue weighted by atomic mass is 19.1. The molecule has 0 radical (unpaired) electrons. The molecule has 2 amide bonds. The van der Waals surface area contributed by atoms with Crippen LogP contribution in [0.1, 0.15) is 29.3 Å². The molecule has 5 nitrogen and oxygen atoms in total. The minimum atomic E-state index is -0.424. The number of Topliss-reactive ketones (excluding diaryl/α,β-unsaturated/α-hetero) is 1. The van der Waals surface area contributed by atoms with Gasteiger partial charge in [-0.25, -0.2) is 4.39 Å². The van der Waals surface area contributed by atoms with Crippen LogP contribution >= 0.6 is 0 Å². The molecule has 0 spiro atoms. The van der Waals surface area contributed by atoms with E-state index in [0.717, 1.165) is 5.56 Å². The van der Waals surface area contributed by atoms with Crippen LogP contribution in [0.15, 0.2) is 48.5 Å². The van der Waals surface area contributed by atoms with Crippen LogP contribution in [-0.2, 0) is 16.0 Å². The van der Waals surface area contributed by atoms with E-state index in [0.29, 0.717) is 30.8 Å². The van der Waals surface area contributed by atoms with Crippen LogP contribution in [0.5, 0.6) is 0 Å². The van der Waals surface area contributed by atoms with Gasteiger partial charge in [-0.05, 0) is 43.2 Å². The van der Waals surface area contributed by atoms with E-state index < -0.39 is 5.92 Å². The van der Waals surface area contributed by atoms with Crippen LogP contribution in [-0.4, -0.2) is 30.7 Å². The SMILES string of the molecule is CC(=O)c1cccc(N2CC(C(=O)NCCc3ccc(F)cc3)CC2=O)c1. The normalized spacial score (nSPS) is 16.4. The fraction of sp³-hybridized carbons (Fsp3) is 0.286. The van der Waals surface area contributed by atoms with Crippen molar-refractivity contribution in [1.82, 2.24) is 5.32 Å². The highest BCUT2D eigenvalue weighted by molar-refractivity contribution is 6.02. The van der Waals surface area contributed by atoms with Crippen LogP contribution in [0.4, 0.5) is 10.1 Å². The summed E-state index contributed by atoms with van der Waals surface area (Å²) in [6.45, 7) is 2.19. The second-order valence-corrected chi connectivity index (χ2v) is 6.68. The number of hydrogen-bond donors (Lipinski definition) is 1. The van der Waals surface area contributed by atoms with Gasteiger partial charge in [-0.3, -0.25) is 14.4 Å². The molecule has 27 heavy (non-hydrogen) atoms. The lowest BCUT2D eigenvalue weighted by Crippen LogP contribution is -2.34. The monoisotopic (exact) mass is 368 g/mol. The lowest BCUT2D eigenvalue weighted by atomic mass is 10.1. The molecule has 1 aliphatic heterocycles. The maximum atomic E-state index is 12.9. The Balaban J connectivity index is 1.56. The number of anilines is 1. The van der Waals surface area contributed by atoms with E-state index >= 15 is 0 Å². The fourth-order valence-corrected chi connectivity index (χ4v) is 3.15. The van der Waals surface area contributed by atoms with Crippen molar-refractivity contribution in [3.63, 3.8) is 0 Å². The van der Waals surface area contributed by atoms with Crippen LogP contribution in [0.3, 0.4) is 0 Å². The van der Waals surface area contributed by atoms with Crippen LogP contribution in [0.25, 0.3) is 0 Å². The van der Waals surface area contributed by atoms with Crippen molar-refractivity contribution < 1.29 is 18.8 Å². The highest BCUT2D eigenvalue weighted by Gasteiger charge is 2.35. The molecule has 0 bridgehead atoms. The maximum Gasteiger partial charge on any atom is 0.227 e. The average molecular weight is 368 g/mol. The van der Waals surface area contributed by atoms with Gasteiger partial charge in [0.05, 0.1) is 5.92 Å². The van der Waals surface area contributed by atoms with Crippen molar-refractivity contribution in [3.8, 4) is 0 Å². The van der Waals surface area contributed by atoms with Gasteiger partial charge in [-0.1, -0.05) is 24.3 Å². The largest absolute Gasteiger partial charge is 0.355 e. The summed E-state index contributed by atoms with van der Waals surface area (Å²) in [5, 5.41) is 2.84. The van der Waals surface area contributed by atoms with Gasteiger partial charge in [0.25, 0.3) is 0 Å². The number of carbonyl (C=O) groups excluding carboxylic acids is 3. The first kappa shape index (κ1) is 18.8. The summed E-state index contributed by atoms with van der Waals surface area (Å²) >= 11 is 0. The molecule has 1 aliphatic rings. The van der Waals surface area contributed by atoms with Gasteiger partial charge >= 0.3 is 0 Å². The highest BCUT2D eigenvalue weighted by Crippen LogP contribution is 2.26. The summed E-state index contributed by atoms with van der Waals surface area (Å²) in [5.41, 5.74) is 2.10. The molecule has 1 saturated heterocycles. The van der Waals surface area contributed by atoms with E-state index in [4.69, 9.17) is 0 Å². The molecule has 140 valence electrons. The molecule has 1 fully saturated rings. The summed E-state index contributed by atoms with van der Waals surface area (Å²) in [4.78, 5) is 37.8. The lowest BCUT2D eigenvalue weighted by Gasteiger charge is -2.17. The van der Waals surface area contributed by atoms with Crippen LogP contribution in [0.2, 0.25) is 0 Å². The zero-order chi connectivity index (χ0) is 19.4. The maximum absolute atomic E-state index is 12.9. The molecule has 0 saturated carbocycles. The quantitative estimate of drug-likeness (QED) is 0.798. The molecular weight excluding hydrogens is 347 g/mol. The van der Waals surface area contributed by atoms with Crippen molar-refractivity contribution in [2.45, 2.75) is 19.8 Å². The molecule has 1 unspecified atom stereocenters. The third-order valence-corrected chi connectivity index (χ3v) is 4.69. The van der Waals surface area contributed by atoms with Crippen LogP contribution in [0, 0.1) is 11.7 Å². The molecule has 3 rings (SSSR count). The van der Waals surface area contributed by atoms with Gasteiger partial charge in [-0.2, -0.15) is 0 Å². The molecule has 1 heterocycles. The zero-order valence-electron chi connectivity index (χ0n) is 15.1. The van der Waals surface area contributed by atoms with E-state index in [9.17, 15) is 18.8 Å². The molecule has 2 aromatic rings. The summed E-state index contributed by atoms with van der Waals surface area (Å²) in [6, 6.07) is 13.0. The Hall–Kier alpha value is -3.02. The molecule has 0 aliphatic carbocycles. The van der Waals surface area contributed by atoms with Gasteiger partial charge in [-0.15, -0.1) is 0 Å². The molecule has 1 N–H and O–H groups in total. The van der Waals surface area contributed by atoms with E-state index in [1.54, 1.807) is 41.3 Å². The topological polar surface area (TPSA) is 66.5 Å². The van der Waals surface area contributed by atoms with Gasteiger partial charge < -0.3 is 10.2 Å². The van der Waals surface area contributed by atoms with Gasteiger partial charge in [0.1, 0.15) is 5.82 Å². The Bertz CT molecular complexity index is 864. The molecule has 0 aromatic heterocycles. The first-order valence-electron chi connectivity index (χ1n) is 8.87. The van der Waals surface area contributed by atoms with E-state index in [1.165, 1.54) is 19.1 Å². The summed E-state index contributed by atoms with van der Waals surface area (Å²) in [6.07, 6.45) is 0.740. The lowest BCUT2D eigenvalue weighted by molar-refractivity contribution is -0.126. The van der Waals surface area contributed by atoms with Crippen LogP contribution < -0.4 is 10.2 Å². The first-order chi connectivity index (χ1) is 12.9. The minimum Gasteiger partial charge on any atom is -0.355 e. The second kappa shape index (κ2) is 8.12. The molecular formula is C21H21FN2O3. The Morgan fingerprint density at radius 1 is 1.19 bits per heavy atom. The van der Waals surface area contributed by atoms with E-state index in [-0.39, 0.29) is 29.8 Å². The molecule has 6 heteroatoms. The summed E-state index contributed by atoms with van der Waals surface area (Å²) in [7, 11) is 0. The Morgan fingerprint density at radius 3 is 2.63 bits per heavy atom. The zero-order valence-corrected chi connectivity index (χ0v) is 15.1. The predicted molar refractivity (Wildman–Crippen MR) is 100 cm³/mol. The number of ketones is 1. The number of hydrogen-bond acceptors (Lipinski definition) is 3. The predicted octanol–water partition coefficient (Wildman–Crippen LogP) is 2.74. The number of halogens is 1. The van der Waals surface area contributed by atoms with Crippen molar-refractivity contribution in [1.29, 1.82) is 0 Å². The number of benzene rings is 2. The van der Waals surface area contributed by atoms with Crippen molar-refractivity contribution in [3.05, 3.63) is 65.5 Å². The van der Waals surface area contributed by atoms with Gasteiger partial charge in [0.15, 0.2) is 5.78 Å². The fourth-order valence-electron chi connectivity index (χ4n) is 3.15. The Kier molecular flexibility index (Phi) is 5.64. The van der Waals surface area contributed by atoms with Gasteiger partial charge in [0, 0.05) is 30.8 Å².